The average molecular weight is 505 g/mol. The van der Waals surface area contributed by atoms with E-state index in [9.17, 15) is 13.2 Å². The summed E-state index contributed by atoms with van der Waals surface area (Å²) < 4.78 is 37.4. The third-order valence-corrected chi connectivity index (χ3v) is 5.17. The summed E-state index contributed by atoms with van der Waals surface area (Å²) in [5, 5.41) is 8.58. The SMILES string of the molecule is CN=C(NCC(c1cccs1)N(C)C)NC1CCN(CC(F)(F)F)C1.I. The number of alkyl halides is 3. The minimum Gasteiger partial charge on any atom is -0.354 e. The zero-order valence-corrected chi connectivity index (χ0v) is 18.4. The molecule has 26 heavy (non-hydrogen) atoms. The molecule has 1 aromatic rings. The lowest BCUT2D eigenvalue weighted by atomic mass is 10.2. The van der Waals surface area contributed by atoms with E-state index in [0.29, 0.717) is 32.0 Å². The fraction of sp³-hybridized carbons (Fsp3) is 0.688. The zero-order chi connectivity index (χ0) is 18.4. The zero-order valence-electron chi connectivity index (χ0n) is 15.2. The molecule has 1 aliphatic rings. The molecule has 0 amide bonds. The number of nitrogens with one attached hydrogen (secondary N) is 2. The minimum atomic E-state index is -4.14. The fourth-order valence-corrected chi connectivity index (χ4v) is 3.87. The van der Waals surface area contributed by atoms with Gasteiger partial charge in [0.1, 0.15) is 0 Å². The van der Waals surface area contributed by atoms with Crippen LogP contribution < -0.4 is 10.6 Å². The summed E-state index contributed by atoms with van der Waals surface area (Å²) in [5.41, 5.74) is 0. The molecule has 2 N–H and O–H groups in total. The maximum atomic E-state index is 12.5. The molecule has 0 saturated carbocycles. The average Bonchev–Trinajstić information content (AvgIpc) is 3.16. The molecule has 0 spiro atoms. The second-order valence-electron chi connectivity index (χ2n) is 6.43. The predicted octanol–water partition coefficient (Wildman–Crippen LogP) is 2.77. The van der Waals surface area contributed by atoms with Crippen molar-refractivity contribution in [2.75, 3.05) is 47.3 Å². The maximum absolute atomic E-state index is 12.5. The third kappa shape index (κ3) is 7.57. The number of aliphatic imine (C=N–C) groups is 1. The summed E-state index contributed by atoms with van der Waals surface area (Å²) in [6, 6.07) is 4.31. The Morgan fingerprint density at radius 2 is 2.19 bits per heavy atom. The number of guanidine groups is 1. The number of likely N-dealkylation sites (tertiary alicyclic amines) is 1. The number of nitrogens with zero attached hydrogens (tertiary/aromatic N) is 3. The molecule has 0 bridgehead atoms. The van der Waals surface area contributed by atoms with Crippen LogP contribution in [0.2, 0.25) is 0 Å². The molecule has 2 rings (SSSR count). The molecule has 10 heteroatoms. The van der Waals surface area contributed by atoms with E-state index < -0.39 is 12.7 Å². The van der Waals surface area contributed by atoms with Gasteiger partial charge in [-0.15, -0.1) is 35.3 Å². The molecule has 1 aliphatic heterocycles. The third-order valence-electron chi connectivity index (χ3n) is 4.20. The van der Waals surface area contributed by atoms with E-state index in [1.54, 1.807) is 18.4 Å². The van der Waals surface area contributed by atoms with Gasteiger partial charge >= 0.3 is 6.18 Å². The first-order valence-electron chi connectivity index (χ1n) is 8.24. The predicted molar refractivity (Wildman–Crippen MR) is 112 cm³/mol. The van der Waals surface area contributed by atoms with Crippen LogP contribution in [0.15, 0.2) is 22.5 Å². The molecule has 0 radical (unpaired) electrons. The van der Waals surface area contributed by atoms with Crippen molar-refractivity contribution in [3.05, 3.63) is 22.4 Å². The van der Waals surface area contributed by atoms with Gasteiger partial charge in [0, 0.05) is 37.6 Å². The van der Waals surface area contributed by atoms with E-state index in [-0.39, 0.29) is 36.1 Å². The van der Waals surface area contributed by atoms with Crippen LogP contribution >= 0.6 is 35.3 Å². The van der Waals surface area contributed by atoms with Gasteiger partial charge in [-0.05, 0) is 32.0 Å². The molecule has 5 nitrogen and oxygen atoms in total. The van der Waals surface area contributed by atoms with Gasteiger partial charge in [0.15, 0.2) is 5.96 Å². The van der Waals surface area contributed by atoms with Crippen molar-refractivity contribution in [1.29, 1.82) is 0 Å². The van der Waals surface area contributed by atoms with Gasteiger partial charge in [0.05, 0.1) is 12.6 Å². The van der Waals surface area contributed by atoms with E-state index in [0.717, 1.165) is 0 Å². The normalized spacial score (nSPS) is 20.1. The van der Waals surface area contributed by atoms with Crippen LogP contribution in [0.4, 0.5) is 13.2 Å². The van der Waals surface area contributed by atoms with E-state index in [1.165, 1.54) is 9.78 Å². The number of hydrogen-bond donors (Lipinski definition) is 2. The molecule has 150 valence electrons. The monoisotopic (exact) mass is 505 g/mol. The van der Waals surface area contributed by atoms with Gasteiger partial charge in [-0.2, -0.15) is 13.2 Å². The van der Waals surface area contributed by atoms with Crippen molar-refractivity contribution < 1.29 is 13.2 Å². The van der Waals surface area contributed by atoms with Crippen molar-refractivity contribution in [2.24, 2.45) is 4.99 Å². The summed E-state index contributed by atoms with van der Waals surface area (Å²) in [7, 11) is 5.72. The maximum Gasteiger partial charge on any atom is 0.401 e. The highest BCUT2D eigenvalue weighted by Crippen LogP contribution is 2.22. The smallest absolute Gasteiger partial charge is 0.354 e. The summed E-state index contributed by atoms with van der Waals surface area (Å²) in [6.07, 6.45) is -3.47. The van der Waals surface area contributed by atoms with Crippen LogP contribution in [0.25, 0.3) is 0 Å². The van der Waals surface area contributed by atoms with E-state index >= 15 is 0 Å². The van der Waals surface area contributed by atoms with Gasteiger partial charge in [-0.3, -0.25) is 9.89 Å². The van der Waals surface area contributed by atoms with Crippen LogP contribution in [-0.4, -0.2) is 75.3 Å². The second kappa shape index (κ2) is 10.7. The molecule has 2 atom stereocenters. The largest absolute Gasteiger partial charge is 0.401 e. The number of halogens is 4. The molecular weight excluding hydrogens is 478 g/mol. The molecule has 1 fully saturated rings. The Morgan fingerprint density at radius 1 is 1.46 bits per heavy atom. The Bertz CT molecular complexity index is 551. The van der Waals surface area contributed by atoms with Crippen LogP contribution in [0, 0.1) is 0 Å². The molecule has 1 aromatic heterocycles. The molecule has 0 aromatic carbocycles. The van der Waals surface area contributed by atoms with Crippen molar-refractivity contribution in [3.8, 4) is 0 Å². The van der Waals surface area contributed by atoms with Crippen molar-refractivity contribution in [1.82, 2.24) is 20.4 Å². The molecular formula is C16H27F3IN5S. The van der Waals surface area contributed by atoms with Crippen molar-refractivity contribution >= 4 is 41.3 Å². The summed E-state index contributed by atoms with van der Waals surface area (Å²) in [6.45, 7) is 0.649. The Hall–Kier alpha value is -0.590. The van der Waals surface area contributed by atoms with Crippen LogP contribution in [0.5, 0.6) is 0 Å². The number of rotatable bonds is 6. The Morgan fingerprint density at radius 3 is 2.73 bits per heavy atom. The molecule has 1 saturated heterocycles. The summed E-state index contributed by atoms with van der Waals surface area (Å²) in [4.78, 5) is 9.02. The minimum absolute atomic E-state index is 0. The fourth-order valence-electron chi connectivity index (χ4n) is 2.95. The highest BCUT2D eigenvalue weighted by Gasteiger charge is 2.34. The van der Waals surface area contributed by atoms with Gasteiger partial charge < -0.3 is 15.5 Å². The number of likely N-dealkylation sites (N-methyl/N-ethyl adjacent to an activating group) is 1. The van der Waals surface area contributed by atoms with Crippen molar-refractivity contribution in [3.63, 3.8) is 0 Å². The van der Waals surface area contributed by atoms with Crippen LogP contribution in [-0.2, 0) is 0 Å². The van der Waals surface area contributed by atoms with Gasteiger partial charge in [0.25, 0.3) is 0 Å². The Balaban J connectivity index is 0.00000338. The van der Waals surface area contributed by atoms with E-state index in [1.807, 2.05) is 25.5 Å². The summed E-state index contributed by atoms with van der Waals surface area (Å²) in [5.74, 6) is 0.627. The summed E-state index contributed by atoms with van der Waals surface area (Å²) >= 11 is 1.70. The molecule has 2 unspecified atom stereocenters. The van der Waals surface area contributed by atoms with Crippen LogP contribution in [0.3, 0.4) is 0 Å². The topological polar surface area (TPSA) is 42.9 Å². The van der Waals surface area contributed by atoms with Crippen molar-refractivity contribution in [2.45, 2.75) is 24.7 Å². The number of hydrogen-bond acceptors (Lipinski definition) is 4. The Labute approximate surface area is 174 Å². The highest BCUT2D eigenvalue weighted by molar-refractivity contribution is 14.0. The van der Waals surface area contributed by atoms with Gasteiger partial charge in [-0.1, -0.05) is 6.07 Å². The highest BCUT2D eigenvalue weighted by atomic mass is 127. The first-order chi connectivity index (χ1) is 11.8. The Kier molecular flexibility index (Phi) is 9.62. The van der Waals surface area contributed by atoms with E-state index in [2.05, 4.69) is 26.6 Å². The first kappa shape index (κ1) is 23.4. The molecule has 0 aliphatic carbocycles. The van der Waals surface area contributed by atoms with E-state index in [4.69, 9.17) is 0 Å². The van der Waals surface area contributed by atoms with Gasteiger partial charge in [0.2, 0.25) is 0 Å². The second-order valence-corrected chi connectivity index (χ2v) is 7.41. The molecule has 2 heterocycles. The van der Waals surface area contributed by atoms with Crippen LogP contribution in [0.1, 0.15) is 17.3 Å². The first-order valence-corrected chi connectivity index (χ1v) is 9.12. The van der Waals surface area contributed by atoms with Gasteiger partial charge in [-0.25, -0.2) is 0 Å². The number of thiophene rings is 1. The lowest BCUT2D eigenvalue weighted by molar-refractivity contribution is -0.143. The quantitative estimate of drug-likeness (QED) is 0.355. The lowest BCUT2D eigenvalue weighted by Gasteiger charge is -2.25. The standard InChI is InChI=1S/C16H26F3N5S.HI/c1-20-15(21-9-13(23(2)3)14-5-4-8-25-14)22-12-6-7-24(10-12)11-16(17,18)19;/h4-5,8,12-13H,6-7,9-11H2,1-3H3,(H2,20,21,22);1H. The lowest BCUT2D eigenvalue weighted by Crippen LogP contribution is -2.47.